The predicted octanol–water partition coefficient (Wildman–Crippen LogP) is 5.45. The molecule has 1 N–H and O–H groups in total. The Morgan fingerprint density at radius 2 is 1.37 bits per heavy atom. The molecule has 0 aromatic heterocycles. The highest BCUT2D eigenvalue weighted by atomic mass is 16.3. The number of hydrogen-bond acceptors (Lipinski definition) is 1. The molecule has 0 saturated heterocycles. The third-order valence-electron chi connectivity index (χ3n) is 4.22. The lowest BCUT2D eigenvalue weighted by molar-refractivity contribution is 0.0964. The van der Waals surface area contributed by atoms with E-state index in [1.54, 1.807) is 0 Å². The maximum Gasteiger partial charge on any atom is 0.0818 e. The molecule has 1 aromatic carbocycles. The monoisotopic (exact) mass is 262 g/mol. The van der Waals surface area contributed by atoms with Crippen LogP contribution in [0.1, 0.15) is 82.9 Å². The highest BCUT2D eigenvalue weighted by Gasteiger charge is 2.19. The fourth-order valence-corrected chi connectivity index (χ4v) is 2.73. The van der Waals surface area contributed by atoms with Crippen LogP contribution in [0.2, 0.25) is 0 Å². The van der Waals surface area contributed by atoms with Crippen LogP contribution in [0.4, 0.5) is 0 Å². The van der Waals surface area contributed by atoms with Crippen molar-refractivity contribution in [3.8, 4) is 0 Å². The molecule has 0 saturated carbocycles. The number of hydrogen-bond donors (Lipinski definition) is 1. The van der Waals surface area contributed by atoms with Crippen molar-refractivity contribution in [3.05, 3.63) is 35.4 Å². The summed E-state index contributed by atoms with van der Waals surface area (Å²) >= 11 is 0. The van der Waals surface area contributed by atoms with Crippen molar-refractivity contribution >= 4 is 0 Å². The summed E-state index contributed by atoms with van der Waals surface area (Å²) in [6.45, 7) is 8.86. The van der Waals surface area contributed by atoms with E-state index in [4.69, 9.17) is 0 Å². The first-order chi connectivity index (χ1) is 9.13. The van der Waals surface area contributed by atoms with Gasteiger partial charge in [-0.15, -0.1) is 0 Å². The lowest BCUT2D eigenvalue weighted by Crippen LogP contribution is -2.12. The molecule has 0 fully saturated rings. The molecule has 2 unspecified atom stereocenters. The summed E-state index contributed by atoms with van der Waals surface area (Å²) < 4.78 is 0. The van der Waals surface area contributed by atoms with Gasteiger partial charge in [0.1, 0.15) is 0 Å². The number of benzene rings is 1. The quantitative estimate of drug-likeness (QED) is 0.660. The number of aliphatic hydroxyl groups excluding tert-OH is 1. The summed E-state index contributed by atoms with van der Waals surface area (Å²) in [6, 6.07) is 8.60. The van der Waals surface area contributed by atoms with Crippen LogP contribution in [0.5, 0.6) is 0 Å². The molecule has 19 heavy (non-hydrogen) atoms. The Kier molecular flexibility index (Phi) is 7.15. The first kappa shape index (κ1) is 16.2. The second kappa shape index (κ2) is 8.37. The van der Waals surface area contributed by atoms with E-state index in [1.165, 1.54) is 5.56 Å². The van der Waals surface area contributed by atoms with Gasteiger partial charge in [-0.05, 0) is 42.2 Å². The zero-order chi connectivity index (χ0) is 14.3. The van der Waals surface area contributed by atoms with Crippen molar-refractivity contribution in [2.45, 2.75) is 71.8 Å². The molecule has 1 rings (SSSR count). The molecule has 1 heteroatoms. The molecule has 0 bridgehead atoms. The lowest BCUT2D eigenvalue weighted by Gasteiger charge is -2.23. The van der Waals surface area contributed by atoms with Crippen LogP contribution in [0.15, 0.2) is 24.3 Å². The maximum absolute atomic E-state index is 10.5. The minimum absolute atomic E-state index is 0.300. The fourth-order valence-electron chi connectivity index (χ4n) is 2.73. The molecule has 0 amide bonds. The zero-order valence-corrected chi connectivity index (χ0v) is 13.0. The normalized spacial score (nSPS) is 14.6. The fraction of sp³-hybridized carbons (Fsp3) is 0.667. The minimum Gasteiger partial charge on any atom is -0.388 e. The van der Waals surface area contributed by atoms with Gasteiger partial charge in [0.2, 0.25) is 0 Å². The Hall–Kier alpha value is -0.820. The minimum atomic E-state index is -0.300. The zero-order valence-electron chi connectivity index (χ0n) is 13.0. The summed E-state index contributed by atoms with van der Waals surface area (Å²) in [4.78, 5) is 0. The topological polar surface area (TPSA) is 20.2 Å². The summed E-state index contributed by atoms with van der Waals surface area (Å²) in [5.41, 5.74) is 2.46. The molecule has 2 atom stereocenters. The Bertz CT molecular complexity index is 335. The average molecular weight is 262 g/mol. The third-order valence-corrected chi connectivity index (χ3v) is 4.22. The van der Waals surface area contributed by atoms with E-state index in [2.05, 4.69) is 52.0 Å². The van der Waals surface area contributed by atoms with Crippen LogP contribution in [0.3, 0.4) is 0 Å². The molecule has 0 spiro atoms. The van der Waals surface area contributed by atoms with Crippen molar-refractivity contribution in [3.63, 3.8) is 0 Å². The summed E-state index contributed by atoms with van der Waals surface area (Å²) in [7, 11) is 0. The molecule has 0 aliphatic rings. The van der Waals surface area contributed by atoms with Crippen molar-refractivity contribution in [1.82, 2.24) is 0 Å². The smallest absolute Gasteiger partial charge is 0.0818 e. The third kappa shape index (κ3) is 4.65. The van der Waals surface area contributed by atoms with E-state index >= 15 is 0 Å². The van der Waals surface area contributed by atoms with Crippen molar-refractivity contribution < 1.29 is 5.11 Å². The van der Waals surface area contributed by atoms with Gasteiger partial charge in [0.15, 0.2) is 0 Å². The van der Waals surface area contributed by atoms with Gasteiger partial charge < -0.3 is 5.11 Å². The van der Waals surface area contributed by atoms with E-state index in [1.807, 2.05) is 0 Å². The second-order valence-corrected chi connectivity index (χ2v) is 5.76. The molecule has 0 radical (unpaired) electrons. The maximum atomic E-state index is 10.5. The van der Waals surface area contributed by atoms with E-state index in [0.717, 1.165) is 37.7 Å². The van der Waals surface area contributed by atoms with Crippen LogP contribution in [-0.4, -0.2) is 5.11 Å². The second-order valence-electron chi connectivity index (χ2n) is 5.76. The van der Waals surface area contributed by atoms with Crippen LogP contribution in [0.25, 0.3) is 0 Å². The van der Waals surface area contributed by atoms with Gasteiger partial charge in [-0.2, -0.15) is 0 Å². The number of aliphatic hydroxyl groups is 1. The Labute approximate surface area is 119 Å². The SMILES string of the molecule is CCCC(CCC)C(O)c1ccc(C(C)CC)cc1. The van der Waals surface area contributed by atoms with Gasteiger partial charge in [0.25, 0.3) is 0 Å². The molecular formula is C18H30O. The summed E-state index contributed by atoms with van der Waals surface area (Å²) in [5.74, 6) is 1.01. The van der Waals surface area contributed by atoms with Gasteiger partial charge in [0, 0.05) is 0 Å². The predicted molar refractivity (Wildman–Crippen MR) is 83.4 cm³/mol. The van der Waals surface area contributed by atoms with Crippen molar-refractivity contribution in [2.75, 3.05) is 0 Å². The van der Waals surface area contributed by atoms with Crippen LogP contribution in [-0.2, 0) is 0 Å². The van der Waals surface area contributed by atoms with Gasteiger partial charge in [-0.1, -0.05) is 64.8 Å². The Morgan fingerprint density at radius 1 is 0.895 bits per heavy atom. The molecule has 0 aliphatic heterocycles. The van der Waals surface area contributed by atoms with E-state index < -0.39 is 0 Å². The van der Waals surface area contributed by atoms with E-state index in [9.17, 15) is 5.11 Å². The molecule has 1 nitrogen and oxygen atoms in total. The highest BCUT2D eigenvalue weighted by molar-refractivity contribution is 5.26. The molecular weight excluding hydrogens is 232 g/mol. The highest BCUT2D eigenvalue weighted by Crippen LogP contribution is 2.30. The van der Waals surface area contributed by atoms with Gasteiger partial charge in [0.05, 0.1) is 6.10 Å². The van der Waals surface area contributed by atoms with Gasteiger partial charge in [-0.25, -0.2) is 0 Å². The largest absolute Gasteiger partial charge is 0.388 e. The molecule has 0 aliphatic carbocycles. The first-order valence-electron chi connectivity index (χ1n) is 7.91. The molecule has 108 valence electrons. The first-order valence-corrected chi connectivity index (χ1v) is 7.91. The lowest BCUT2D eigenvalue weighted by atomic mass is 9.87. The molecule has 1 aromatic rings. The van der Waals surface area contributed by atoms with Crippen molar-refractivity contribution in [2.24, 2.45) is 5.92 Å². The Balaban J connectivity index is 2.77. The van der Waals surface area contributed by atoms with Crippen LogP contribution >= 0.6 is 0 Å². The van der Waals surface area contributed by atoms with Crippen LogP contribution < -0.4 is 0 Å². The Morgan fingerprint density at radius 3 is 1.79 bits per heavy atom. The summed E-state index contributed by atoms with van der Waals surface area (Å²) in [6.07, 6.45) is 5.38. The standard InChI is InChI=1S/C18H30O/c1-5-8-16(9-6-2)18(19)17-12-10-15(11-13-17)14(4)7-3/h10-14,16,18-19H,5-9H2,1-4H3. The summed E-state index contributed by atoms with van der Waals surface area (Å²) in [5, 5.41) is 10.5. The van der Waals surface area contributed by atoms with Gasteiger partial charge >= 0.3 is 0 Å². The van der Waals surface area contributed by atoms with Gasteiger partial charge in [-0.3, -0.25) is 0 Å². The van der Waals surface area contributed by atoms with E-state index in [0.29, 0.717) is 11.8 Å². The van der Waals surface area contributed by atoms with Crippen molar-refractivity contribution in [1.29, 1.82) is 0 Å². The van der Waals surface area contributed by atoms with Crippen LogP contribution in [0, 0.1) is 5.92 Å². The van der Waals surface area contributed by atoms with E-state index in [-0.39, 0.29) is 6.10 Å². The average Bonchev–Trinajstić information content (AvgIpc) is 2.45. The number of rotatable bonds is 8. The molecule has 0 heterocycles.